The number of para-hydroxylation sites is 2. The SMILES string of the molecule is CCCc1nc2ccccc2n1CC(=O)Nc1c(C)cnn1C1CCN(C)CC1. The zero-order valence-electron chi connectivity index (χ0n) is 17.6. The van der Waals surface area contributed by atoms with Gasteiger partial charge in [-0.05, 0) is 58.5 Å². The number of anilines is 1. The lowest BCUT2D eigenvalue weighted by Crippen LogP contribution is -2.32. The molecule has 1 saturated heterocycles. The lowest BCUT2D eigenvalue weighted by molar-refractivity contribution is -0.116. The number of fused-ring (bicyclic) bond motifs is 1. The first-order valence-corrected chi connectivity index (χ1v) is 10.5. The van der Waals surface area contributed by atoms with Crippen LogP contribution in [0.3, 0.4) is 0 Å². The van der Waals surface area contributed by atoms with Crippen molar-refractivity contribution in [2.45, 2.75) is 52.1 Å². The molecule has 0 saturated carbocycles. The van der Waals surface area contributed by atoms with E-state index in [4.69, 9.17) is 4.98 Å². The fourth-order valence-electron chi connectivity index (χ4n) is 4.15. The molecule has 0 radical (unpaired) electrons. The number of hydrogen-bond donors (Lipinski definition) is 1. The Hall–Kier alpha value is -2.67. The van der Waals surface area contributed by atoms with Gasteiger partial charge in [0.2, 0.25) is 5.91 Å². The van der Waals surface area contributed by atoms with Gasteiger partial charge in [0, 0.05) is 12.0 Å². The van der Waals surface area contributed by atoms with Gasteiger partial charge in [0.25, 0.3) is 0 Å². The fraction of sp³-hybridized carbons (Fsp3) is 0.500. The first kappa shape index (κ1) is 19.6. The van der Waals surface area contributed by atoms with E-state index in [0.717, 1.165) is 67.0 Å². The average molecular weight is 395 g/mol. The molecule has 1 aromatic carbocycles. The summed E-state index contributed by atoms with van der Waals surface area (Å²) in [5.41, 5.74) is 2.95. The molecule has 1 N–H and O–H groups in total. The number of imidazole rings is 1. The lowest BCUT2D eigenvalue weighted by Gasteiger charge is -2.30. The minimum absolute atomic E-state index is 0.0386. The van der Waals surface area contributed by atoms with Crippen LogP contribution in [0.15, 0.2) is 30.5 Å². The molecule has 1 amide bonds. The van der Waals surface area contributed by atoms with Crippen molar-refractivity contribution in [2.75, 3.05) is 25.5 Å². The smallest absolute Gasteiger partial charge is 0.245 e. The van der Waals surface area contributed by atoms with Crippen LogP contribution < -0.4 is 5.32 Å². The van der Waals surface area contributed by atoms with Gasteiger partial charge in [0.15, 0.2) is 0 Å². The Morgan fingerprint density at radius 1 is 1.24 bits per heavy atom. The Bertz CT molecular complexity index is 996. The number of piperidine rings is 1. The largest absolute Gasteiger partial charge is 0.318 e. The van der Waals surface area contributed by atoms with E-state index in [1.807, 2.05) is 46.6 Å². The van der Waals surface area contributed by atoms with Crippen molar-refractivity contribution in [3.05, 3.63) is 41.9 Å². The zero-order chi connectivity index (χ0) is 20.4. The topological polar surface area (TPSA) is 68.0 Å². The molecular weight excluding hydrogens is 364 g/mol. The highest BCUT2D eigenvalue weighted by Gasteiger charge is 2.23. The van der Waals surface area contributed by atoms with Gasteiger partial charge in [-0.15, -0.1) is 0 Å². The predicted octanol–water partition coefficient (Wildman–Crippen LogP) is 3.40. The van der Waals surface area contributed by atoms with Gasteiger partial charge in [-0.3, -0.25) is 4.79 Å². The van der Waals surface area contributed by atoms with Crippen LogP contribution in [0.1, 0.15) is 43.6 Å². The monoisotopic (exact) mass is 394 g/mol. The Kier molecular flexibility index (Phi) is 5.67. The highest BCUT2D eigenvalue weighted by molar-refractivity contribution is 5.91. The number of aryl methyl sites for hydroxylation is 2. The number of hydrogen-bond acceptors (Lipinski definition) is 4. The van der Waals surface area contributed by atoms with Crippen molar-refractivity contribution >= 4 is 22.8 Å². The summed E-state index contributed by atoms with van der Waals surface area (Å²) in [6.45, 7) is 6.50. The molecule has 7 nitrogen and oxygen atoms in total. The molecule has 1 aliphatic heterocycles. The second-order valence-corrected chi connectivity index (χ2v) is 8.06. The summed E-state index contributed by atoms with van der Waals surface area (Å²) in [6.07, 6.45) is 5.80. The van der Waals surface area contributed by atoms with E-state index in [0.29, 0.717) is 6.04 Å². The maximum atomic E-state index is 13.0. The van der Waals surface area contributed by atoms with E-state index in [-0.39, 0.29) is 12.5 Å². The summed E-state index contributed by atoms with van der Waals surface area (Å²) in [4.78, 5) is 20.1. The number of benzene rings is 1. The van der Waals surface area contributed by atoms with Gasteiger partial charge in [0.1, 0.15) is 18.2 Å². The molecule has 0 bridgehead atoms. The Morgan fingerprint density at radius 2 is 2.00 bits per heavy atom. The van der Waals surface area contributed by atoms with Crippen LogP contribution in [-0.2, 0) is 17.8 Å². The van der Waals surface area contributed by atoms with E-state index < -0.39 is 0 Å². The Balaban J connectivity index is 1.55. The minimum atomic E-state index is -0.0386. The van der Waals surface area contributed by atoms with Crippen molar-refractivity contribution in [3.8, 4) is 0 Å². The number of nitrogens with zero attached hydrogens (tertiary/aromatic N) is 5. The van der Waals surface area contributed by atoms with Crippen LogP contribution in [-0.4, -0.2) is 50.3 Å². The van der Waals surface area contributed by atoms with E-state index in [9.17, 15) is 4.79 Å². The number of aromatic nitrogens is 4. The standard InChI is InChI=1S/C22H30N6O/c1-4-7-20-24-18-8-5-6-9-19(18)27(20)15-21(29)25-22-16(2)14-23-28(22)17-10-12-26(3)13-11-17/h5-6,8-9,14,17H,4,7,10-13,15H2,1-3H3,(H,25,29). The molecule has 29 heavy (non-hydrogen) atoms. The van der Waals surface area contributed by atoms with E-state index in [2.05, 4.69) is 29.3 Å². The normalized spacial score (nSPS) is 15.8. The van der Waals surface area contributed by atoms with Crippen molar-refractivity contribution in [1.29, 1.82) is 0 Å². The van der Waals surface area contributed by atoms with E-state index >= 15 is 0 Å². The molecule has 0 spiro atoms. The number of nitrogens with one attached hydrogen (secondary N) is 1. The first-order chi connectivity index (χ1) is 14.1. The van der Waals surface area contributed by atoms with Crippen LogP contribution in [0.4, 0.5) is 5.82 Å². The van der Waals surface area contributed by atoms with Gasteiger partial charge in [-0.2, -0.15) is 5.10 Å². The second-order valence-electron chi connectivity index (χ2n) is 8.06. The summed E-state index contributed by atoms with van der Waals surface area (Å²) >= 11 is 0. The average Bonchev–Trinajstić information content (AvgIpc) is 3.24. The van der Waals surface area contributed by atoms with Gasteiger partial charge in [-0.1, -0.05) is 19.1 Å². The molecule has 7 heteroatoms. The molecule has 3 heterocycles. The first-order valence-electron chi connectivity index (χ1n) is 10.5. The third-order valence-electron chi connectivity index (χ3n) is 5.78. The number of amides is 1. The minimum Gasteiger partial charge on any atom is -0.318 e. The van der Waals surface area contributed by atoms with Gasteiger partial charge < -0.3 is 14.8 Å². The fourth-order valence-corrected chi connectivity index (χ4v) is 4.15. The molecule has 1 aliphatic rings. The lowest BCUT2D eigenvalue weighted by atomic mass is 10.1. The van der Waals surface area contributed by atoms with Gasteiger partial charge in [-0.25, -0.2) is 9.67 Å². The summed E-state index contributed by atoms with van der Waals surface area (Å²) in [5, 5.41) is 7.71. The maximum absolute atomic E-state index is 13.0. The van der Waals surface area contributed by atoms with Crippen LogP contribution in [0, 0.1) is 6.92 Å². The Morgan fingerprint density at radius 3 is 2.76 bits per heavy atom. The van der Waals surface area contributed by atoms with E-state index in [1.54, 1.807) is 0 Å². The van der Waals surface area contributed by atoms with Crippen molar-refractivity contribution in [1.82, 2.24) is 24.2 Å². The molecule has 154 valence electrons. The van der Waals surface area contributed by atoms with Crippen LogP contribution in [0.5, 0.6) is 0 Å². The summed E-state index contributed by atoms with van der Waals surface area (Å²) in [5.74, 6) is 1.75. The molecular formula is C22H30N6O. The number of carbonyl (C=O) groups is 1. The molecule has 4 rings (SSSR count). The highest BCUT2D eigenvalue weighted by Crippen LogP contribution is 2.27. The quantitative estimate of drug-likeness (QED) is 0.696. The van der Waals surface area contributed by atoms with Gasteiger partial charge in [0.05, 0.1) is 23.3 Å². The van der Waals surface area contributed by atoms with Crippen molar-refractivity contribution in [3.63, 3.8) is 0 Å². The zero-order valence-corrected chi connectivity index (χ0v) is 17.6. The summed E-state index contributed by atoms with van der Waals surface area (Å²) < 4.78 is 4.05. The van der Waals surface area contributed by atoms with Crippen molar-refractivity contribution in [2.24, 2.45) is 0 Å². The van der Waals surface area contributed by atoms with Crippen LogP contribution in [0.25, 0.3) is 11.0 Å². The maximum Gasteiger partial charge on any atom is 0.245 e. The molecule has 0 atom stereocenters. The van der Waals surface area contributed by atoms with E-state index in [1.165, 1.54) is 0 Å². The third kappa shape index (κ3) is 4.05. The Labute approximate surface area is 171 Å². The molecule has 2 aromatic heterocycles. The summed E-state index contributed by atoms with van der Waals surface area (Å²) in [7, 11) is 2.15. The number of carbonyl (C=O) groups excluding carboxylic acids is 1. The molecule has 1 fully saturated rings. The van der Waals surface area contributed by atoms with Gasteiger partial charge >= 0.3 is 0 Å². The molecule has 0 unspecified atom stereocenters. The summed E-state index contributed by atoms with van der Waals surface area (Å²) in [6, 6.07) is 8.34. The van der Waals surface area contributed by atoms with Crippen LogP contribution >= 0.6 is 0 Å². The molecule has 0 aliphatic carbocycles. The third-order valence-corrected chi connectivity index (χ3v) is 5.78. The molecule has 3 aromatic rings. The highest BCUT2D eigenvalue weighted by atomic mass is 16.2. The number of rotatable bonds is 6. The number of likely N-dealkylation sites (tertiary alicyclic amines) is 1. The second kappa shape index (κ2) is 8.37. The predicted molar refractivity (Wildman–Crippen MR) is 115 cm³/mol. The van der Waals surface area contributed by atoms with Crippen LogP contribution in [0.2, 0.25) is 0 Å². The van der Waals surface area contributed by atoms with Crippen molar-refractivity contribution < 1.29 is 4.79 Å².